The van der Waals surface area contributed by atoms with Gasteiger partial charge in [-0.3, -0.25) is 9.59 Å². The molecule has 14 nitrogen and oxygen atoms in total. The fourth-order valence-electron chi connectivity index (χ4n) is 3.76. The molecule has 0 saturated carbocycles. The van der Waals surface area contributed by atoms with Crippen LogP contribution in [0.5, 0.6) is 0 Å². The van der Waals surface area contributed by atoms with Crippen LogP contribution in [0.4, 0.5) is 4.79 Å². The van der Waals surface area contributed by atoms with E-state index in [9.17, 15) is 24.0 Å². The van der Waals surface area contributed by atoms with Crippen molar-refractivity contribution in [3.05, 3.63) is 12.2 Å². The van der Waals surface area contributed by atoms with Crippen LogP contribution >= 0.6 is 0 Å². The summed E-state index contributed by atoms with van der Waals surface area (Å²) in [6, 6.07) is -2.17. The highest BCUT2D eigenvalue weighted by molar-refractivity contribution is 5.87. The Bertz CT molecular complexity index is 1020. The monoisotopic (exact) mass is 688 g/mol. The van der Waals surface area contributed by atoms with Gasteiger partial charge < -0.3 is 43.8 Å². The van der Waals surface area contributed by atoms with Gasteiger partial charge >= 0.3 is 29.9 Å². The van der Waals surface area contributed by atoms with Crippen LogP contribution in [0.2, 0.25) is 0 Å². The molecule has 2 amide bonds. The highest BCUT2D eigenvalue weighted by Crippen LogP contribution is 2.24. The molecular formula is C34H60N2O12. The molecule has 0 aliphatic heterocycles. The molecular weight excluding hydrogens is 628 g/mol. The van der Waals surface area contributed by atoms with E-state index in [1.165, 1.54) is 0 Å². The SMILES string of the molecule is C=C(C)C(=O)OCCOCCOCCOCCOC(=O)CC[C@H](NC(=O)N[C@@H](CCC(=O)OC(C)(C)C)C(C)(C)C)C(=O)OC(C)(C)C. The van der Waals surface area contributed by atoms with E-state index in [0.29, 0.717) is 31.8 Å². The average molecular weight is 689 g/mol. The number of urea groups is 1. The summed E-state index contributed by atoms with van der Waals surface area (Å²) in [4.78, 5) is 61.8. The summed E-state index contributed by atoms with van der Waals surface area (Å²) in [6.45, 7) is 23.1. The Morgan fingerprint density at radius 3 is 1.52 bits per heavy atom. The van der Waals surface area contributed by atoms with E-state index < -0.39 is 52.6 Å². The van der Waals surface area contributed by atoms with Gasteiger partial charge in [0.15, 0.2) is 0 Å². The number of rotatable bonds is 22. The maximum Gasteiger partial charge on any atom is 0.333 e. The van der Waals surface area contributed by atoms with E-state index in [-0.39, 0.29) is 58.3 Å². The van der Waals surface area contributed by atoms with Gasteiger partial charge in [0.1, 0.15) is 30.5 Å². The minimum absolute atomic E-state index is 0.000771. The van der Waals surface area contributed by atoms with Crippen LogP contribution in [0.3, 0.4) is 0 Å². The topological polar surface area (TPSA) is 174 Å². The molecule has 0 rings (SSSR count). The molecule has 2 atom stereocenters. The Labute approximate surface area is 286 Å². The minimum atomic E-state index is -1.12. The summed E-state index contributed by atoms with van der Waals surface area (Å²) in [6.07, 6.45) is 0.228. The van der Waals surface area contributed by atoms with Crippen LogP contribution in [0.25, 0.3) is 0 Å². The molecule has 0 aliphatic rings. The summed E-state index contributed by atoms with van der Waals surface area (Å²) in [5, 5.41) is 5.49. The summed E-state index contributed by atoms with van der Waals surface area (Å²) in [5.41, 5.74) is -1.51. The lowest BCUT2D eigenvalue weighted by atomic mass is 9.84. The lowest BCUT2D eigenvalue weighted by Crippen LogP contribution is -2.53. The van der Waals surface area contributed by atoms with Crippen LogP contribution in [0.1, 0.15) is 94.9 Å². The predicted octanol–water partition coefficient (Wildman–Crippen LogP) is 4.03. The molecule has 48 heavy (non-hydrogen) atoms. The Balaban J connectivity index is 4.62. The number of ether oxygens (including phenoxy) is 7. The van der Waals surface area contributed by atoms with Crippen molar-refractivity contribution in [2.24, 2.45) is 5.41 Å². The van der Waals surface area contributed by atoms with E-state index in [2.05, 4.69) is 17.2 Å². The van der Waals surface area contributed by atoms with Crippen molar-refractivity contribution < 1.29 is 57.1 Å². The molecule has 0 fully saturated rings. The molecule has 278 valence electrons. The van der Waals surface area contributed by atoms with Crippen molar-refractivity contribution >= 4 is 29.9 Å². The molecule has 14 heteroatoms. The third-order valence-electron chi connectivity index (χ3n) is 6.09. The molecule has 0 saturated heterocycles. The first-order valence-electron chi connectivity index (χ1n) is 16.3. The predicted molar refractivity (Wildman–Crippen MR) is 178 cm³/mol. The minimum Gasteiger partial charge on any atom is -0.463 e. The fraction of sp³-hybridized carbons (Fsp3) is 0.794. The van der Waals surface area contributed by atoms with Gasteiger partial charge in [0.05, 0.1) is 39.6 Å². The summed E-state index contributed by atoms with van der Waals surface area (Å²) < 4.78 is 37.0. The first kappa shape index (κ1) is 44.8. The fourth-order valence-corrected chi connectivity index (χ4v) is 3.76. The number of hydrogen-bond donors (Lipinski definition) is 2. The molecule has 0 heterocycles. The van der Waals surface area contributed by atoms with E-state index in [1.54, 1.807) is 48.5 Å². The smallest absolute Gasteiger partial charge is 0.333 e. The van der Waals surface area contributed by atoms with Gasteiger partial charge in [-0.25, -0.2) is 14.4 Å². The summed E-state index contributed by atoms with van der Waals surface area (Å²) >= 11 is 0. The van der Waals surface area contributed by atoms with Crippen molar-refractivity contribution in [1.29, 1.82) is 0 Å². The number of esters is 4. The second kappa shape index (κ2) is 22.4. The number of hydrogen-bond acceptors (Lipinski definition) is 12. The maximum atomic E-state index is 13.0. The van der Waals surface area contributed by atoms with Crippen LogP contribution < -0.4 is 10.6 Å². The Morgan fingerprint density at radius 1 is 0.604 bits per heavy atom. The lowest BCUT2D eigenvalue weighted by molar-refractivity contribution is -0.158. The van der Waals surface area contributed by atoms with E-state index in [1.807, 2.05) is 20.8 Å². The maximum absolute atomic E-state index is 13.0. The Kier molecular flexibility index (Phi) is 20.9. The van der Waals surface area contributed by atoms with E-state index in [0.717, 1.165) is 0 Å². The molecule has 0 unspecified atom stereocenters. The molecule has 0 bridgehead atoms. The number of nitrogens with one attached hydrogen (secondary N) is 2. The van der Waals surface area contributed by atoms with Crippen molar-refractivity contribution in [3.8, 4) is 0 Å². The molecule has 2 N–H and O–H groups in total. The van der Waals surface area contributed by atoms with Gasteiger partial charge in [0, 0.05) is 24.5 Å². The Hall–Kier alpha value is -3.23. The van der Waals surface area contributed by atoms with Gasteiger partial charge in [-0.05, 0) is 66.7 Å². The number of amides is 2. The third-order valence-corrected chi connectivity index (χ3v) is 6.09. The van der Waals surface area contributed by atoms with Gasteiger partial charge in [0.2, 0.25) is 0 Å². The molecule has 0 aromatic rings. The lowest BCUT2D eigenvalue weighted by Gasteiger charge is -2.32. The zero-order chi connectivity index (χ0) is 37.0. The van der Waals surface area contributed by atoms with Gasteiger partial charge in [-0.1, -0.05) is 27.4 Å². The van der Waals surface area contributed by atoms with Crippen LogP contribution in [-0.4, -0.2) is 106 Å². The van der Waals surface area contributed by atoms with Crippen molar-refractivity contribution in [2.45, 2.75) is 118 Å². The summed E-state index contributed by atoms with van der Waals surface area (Å²) in [7, 11) is 0. The molecule has 0 aromatic carbocycles. The van der Waals surface area contributed by atoms with Gasteiger partial charge in [0.25, 0.3) is 0 Å². The highest BCUT2D eigenvalue weighted by atomic mass is 16.6. The number of carbonyl (C=O) groups is 5. The van der Waals surface area contributed by atoms with Gasteiger partial charge in [-0.15, -0.1) is 0 Å². The van der Waals surface area contributed by atoms with Crippen LogP contribution in [0.15, 0.2) is 12.2 Å². The molecule has 0 aliphatic carbocycles. The molecule has 0 radical (unpaired) electrons. The zero-order valence-electron chi connectivity index (χ0n) is 30.7. The van der Waals surface area contributed by atoms with Crippen molar-refractivity contribution in [3.63, 3.8) is 0 Å². The normalized spacial score (nSPS) is 13.1. The Morgan fingerprint density at radius 2 is 1.06 bits per heavy atom. The van der Waals surface area contributed by atoms with Crippen molar-refractivity contribution in [2.75, 3.05) is 52.9 Å². The second-order valence-corrected chi connectivity index (χ2v) is 14.3. The summed E-state index contributed by atoms with van der Waals surface area (Å²) in [5.74, 6) is -2.09. The third kappa shape index (κ3) is 24.9. The van der Waals surface area contributed by atoms with Gasteiger partial charge in [-0.2, -0.15) is 0 Å². The standard InChI is InChI=1S/C34H60N2O12/c1-24(2)29(39)46-23-21-44-19-17-42-16-18-43-20-22-45-27(37)14-12-25(30(40)48-34(9,10)11)35-31(41)36-26(32(3,4)5)13-15-28(38)47-33(6,7)8/h25-26H,1,12-23H2,2-11H3,(H2,35,36,41)/t25-,26-/m0/s1. The first-order chi connectivity index (χ1) is 22.1. The second-order valence-electron chi connectivity index (χ2n) is 14.3. The largest absolute Gasteiger partial charge is 0.463 e. The quantitative estimate of drug-likeness (QED) is 0.0725. The average Bonchev–Trinajstić information content (AvgIpc) is 2.92. The van der Waals surface area contributed by atoms with E-state index >= 15 is 0 Å². The zero-order valence-corrected chi connectivity index (χ0v) is 30.7. The first-order valence-corrected chi connectivity index (χ1v) is 16.3. The van der Waals surface area contributed by atoms with Crippen LogP contribution in [0, 0.1) is 5.41 Å². The molecule has 0 aromatic heterocycles. The van der Waals surface area contributed by atoms with Crippen molar-refractivity contribution in [1.82, 2.24) is 10.6 Å². The molecule has 0 spiro atoms. The number of carbonyl (C=O) groups excluding carboxylic acids is 5. The van der Waals surface area contributed by atoms with E-state index in [4.69, 9.17) is 33.2 Å². The van der Waals surface area contributed by atoms with Crippen LogP contribution in [-0.2, 0) is 52.3 Å². The highest BCUT2D eigenvalue weighted by Gasteiger charge is 2.31.